The van der Waals surface area contributed by atoms with Gasteiger partial charge in [0.25, 0.3) is 5.91 Å². The summed E-state index contributed by atoms with van der Waals surface area (Å²) in [6.45, 7) is 3.28. The Morgan fingerprint density at radius 1 is 1.25 bits per heavy atom. The van der Waals surface area contributed by atoms with Crippen LogP contribution in [0.4, 0.5) is 5.82 Å². The lowest BCUT2D eigenvalue weighted by atomic mass is 10.2. The molecule has 0 bridgehead atoms. The predicted octanol–water partition coefficient (Wildman–Crippen LogP) is 0.991. The van der Waals surface area contributed by atoms with Gasteiger partial charge in [-0.2, -0.15) is 9.40 Å². The molecule has 0 saturated carbocycles. The molecule has 0 spiro atoms. The average molecular weight is 350 g/mol. The van der Waals surface area contributed by atoms with Crippen LogP contribution in [0.3, 0.4) is 0 Å². The zero-order valence-corrected chi connectivity index (χ0v) is 14.0. The van der Waals surface area contributed by atoms with Crippen molar-refractivity contribution in [2.75, 3.05) is 31.6 Å². The maximum Gasteiger partial charge on any atom is 0.256 e. The number of morpholine rings is 1. The normalized spacial score (nSPS) is 16.0. The summed E-state index contributed by atoms with van der Waals surface area (Å²) in [5.74, 6) is 0.0688. The van der Waals surface area contributed by atoms with Crippen molar-refractivity contribution in [3.05, 3.63) is 41.6 Å². The number of nitrogens with one attached hydrogen (secondary N) is 2. The number of sulfonamides is 1. The molecule has 1 fully saturated rings. The third-order valence-electron chi connectivity index (χ3n) is 3.67. The monoisotopic (exact) mass is 350 g/mol. The maximum absolute atomic E-state index is 12.5. The summed E-state index contributed by atoms with van der Waals surface area (Å²) in [5, 5.41) is 9.30. The van der Waals surface area contributed by atoms with E-state index in [1.807, 2.05) is 6.92 Å². The van der Waals surface area contributed by atoms with Crippen molar-refractivity contribution >= 4 is 21.7 Å². The van der Waals surface area contributed by atoms with Crippen LogP contribution >= 0.6 is 0 Å². The molecule has 0 aliphatic carbocycles. The molecular weight excluding hydrogens is 332 g/mol. The fourth-order valence-corrected chi connectivity index (χ4v) is 3.79. The number of aromatic amines is 1. The second-order valence-electron chi connectivity index (χ2n) is 5.43. The van der Waals surface area contributed by atoms with Crippen molar-refractivity contribution in [1.82, 2.24) is 14.5 Å². The van der Waals surface area contributed by atoms with Gasteiger partial charge >= 0.3 is 0 Å². The summed E-state index contributed by atoms with van der Waals surface area (Å²) >= 11 is 0. The third kappa shape index (κ3) is 3.48. The third-order valence-corrected chi connectivity index (χ3v) is 5.58. The number of aromatic nitrogens is 2. The highest BCUT2D eigenvalue weighted by molar-refractivity contribution is 7.89. The Bertz CT molecular complexity index is 823. The van der Waals surface area contributed by atoms with Gasteiger partial charge in [0.1, 0.15) is 0 Å². The quantitative estimate of drug-likeness (QED) is 0.856. The van der Waals surface area contributed by atoms with Crippen LogP contribution in [0.15, 0.2) is 35.2 Å². The van der Waals surface area contributed by atoms with Crippen molar-refractivity contribution in [3.8, 4) is 0 Å². The molecule has 1 aromatic heterocycles. The molecule has 128 valence electrons. The fraction of sp³-hybridized carbons (Fsp3) is 0.333. The van der Waals surface area contributed by atoms with E-state index >= 15 is 0 Å². The predicted molar refractivity (Wildman–Crippen MR) is 87.3 cm³/mol. The van der Waals surface area contributed by atoms with Gasteiger partial charge < -0.3 is 10.1 Å². The van der Waals surface area contributed by atoms with Crippen LogP contribution in [0.25, 0.3) is 0 Å². The highest BCUT2D eigenvalue weighted by Crippen LogP contribution is 2.18. The van der Waals surface area contributed by atoms with E-state index in [-0.39, 0.29) is 10.8 Å². The molecule has 9 heteroatoms. The van der Waals surface area contributed by atoms with Gasteiger partial charge in [-0.25, -0.2) is 8.42 Å². The number of H-pyrrole nitrogens is 1. The highest BCUT2D eigenvalue weighted by Gasteiger charge is 2.26. The van der Waals surface area contributed by atoms with Crippen molar-refractivity contribution in [2.24, 2.45) is 0 Å². The smallest absolute Gasteiger partial charge is 0.256 e. The Morgan fingerprint density at radius 3 is 2.50 bits per heavy atom. The van der Waals surface area contributed by atoms with Crippen LogP contribution in [0.1, 0.15) is 16.1 Å². The van der Waals surface area contributed by atoms with Gasteiger partial charge in [-0.05, 0) is 31.2 Å². The Morgan fingerprint density at radius 2 is 1.92 bits per heavy atom. The highest BCUT2D eigenvalue weighted by atomic mass is 32.2. The first-order valence-electron chi connectivity index (χ1n) is 7.48. The molecule has 1 saturated heterocycles. The first kappa shape index (κ1) is 16.6. The minimum Gasteiger partial charge on any atom is -0.379 e. The summed E-state index contributed by atoms with van der Waals surface area (Å²) in [6, 6.07) is 7.56. The summed E-state index contributed by atoms with van der Waals surface area (Å²) in [4.78, 5) is 12.3. The van der Waals surface area contributed by atoms with Crippen molar-refractivity contribution in [1.29, 1.82) is 0 Å². The molecule has 0 radical (unpaired) electrons. The number of hydrogen-bond donors (Lipinski definition) is 2. The van der Waals surface area contributed by atoms with Crippen LogP contribution in [-0.2, 0) is 14.8 Å². The fourth-order valence-electron chi connectivity index (χ4n) is 2.38. The van der Waals surface area contributed by atoms with Gasteiger partial charge in [0.2, 0.25) is 10.0 Å². The van der Waals surface area contributed by atoms with E-state index in [0.717, 1.165) is 5.69 Å². The lowest BCUT2D eigenvalue weighted by Gasteiger charge is -2.26. The van der Waals surface area contributed by atoms with E-state index in [9.17, 15) is 13.2 Å². The molecule has 8 nitrogen and oxygen atoms in total. The molecule has 0 unspecified atom stereocenters. The van der Waals surface area contributed by atoms with Gasteiger partial charge in [0.05, 0.1) is 18.1 Å². The summed E-state index contributed by atoms with van der Waals surface area (Å²) in [7, 11) is -3.56. The average Bonchev–Trinajstić information content (AvgIpc) is 3.00. The van der Waals surface area contributed by atoms with E-state index in [4.69, 9.17) is 4.74 Å². The number of carbonyl (C=O) groups is 1. The zero-order valence-electron chi connectivity index (χ0n) is 13.2. The Kier molecular flexibility index (Phi) is 4.65. The first-order valence-corrected chi connectivity index (χ1v) is 8.92. The van der Waals surface area contributed by atoms with Crippen molar-refractivity contribution < 1.29 is 17.9 Å². The molecule has 2 heterocycles. The van der Waals surface area contributed by atoms with E-state index in [0.29, 0.717) is 37.7 Å². The standard InChI is InChI=1S/C15H18N4O4S/c1-11-10-14(18-17-11)16-15(20)12-2-4-13(5-3-12)24(21,22)19-6-8-23-9-7-19/h2-5,10H,6-9H2,1H3,(H2,16,17,18,20). The molecule has 1 aliphatic rings. The van der Waals surface area contributed by atoms with Crippen LogP contribution < -0.4 is 5.32 Å². The van der Waals surface area contributed by atoms with Crippen LogP contribution in [-0.4, -0.2) is 55.1 Å². The van der Waals surface area contributed by atoms with E-state index in [1.165, 1.54) is 28.6 Å². The molecule has 1 amide bonds. The molecule has 24 heavy (non-hydrogen) atoms. The van der Waals surface area contributed by atoms with E-state index in [2.05, 4.69) is 15.5 Å². The van der Waals surface area contributed by atoms with Gasteiger partial charge in [0, 0.05) is 30.4 Å². The molecular formula is C15H18N4O4S. The Balaban J connectivity index is 1.73. The number of ether oxygens (including phenoxy) is 1. The molecule has 1 aliphatic heterocycles. The Labute approximate surface area is 139 Å². The van der Waals surface area contributed by atoms with Gasteiger partial charge in [0.15, 0.2) is 5.82 Å². The van der Waals surface area contributed by atoms with Crippen LogP contribution in [0.5, 0.6) is 0 Å². The topological polar surface area (TPSA) is 104 Å². The number of aryl methyl sites for hydroxylation is 1. The zero-order chi connectivity index (χ0) is 17.2. The maximum atomic E-state index is 12.5. The number of anilines is 1. The second kappa shape index (κ2) is 6.71. The molecule has 2 N–H and O–H groups in total. The number of amides is 1. The lowest BCUT2D eigenvalue weighted by Crippen LogP contribution is -2.40. The van der Waals surface area contributed by atoms with Gasteiger partial charge in [-0.1, -0.05) is 0 Å². The van der Waals surface area contributed by atoms with Crippen molar-refractivity contribution in [2.45, 2.75) is 11.8 Å². The first-order chi connectivity index (χ1) is 11.5. The van der Waals surface area contributed by atoms with Gasteiger partial charge in [-0.3, -0.25) is 9.89 Å². The molecule has 3 rings (SSSR count). The molecule has 2 aromatic rings. The number of nitrogens with zero attached hydrogens (tertiary/aromatic N) is 2. The van der Waals surface area contributed by atoms with Crippen LogP contribution in [0.2, 0.25) is 0 Å². The number of hydrogen-bond acceptors (Lipinski definition) is 5. The molecule has 1 aromatic carbocycles. The van der Waals surface area contributed by atoms with Gasteiger partial charge in [-0.15, -0.1) is 0 Å². The Hall–Kier alpha value is -2.23. The summed E-state index contributed by atoms with van der Waals surface area (Å²) in [6.07, 6.45) is 0. The second-order valence-corrected chi connectivity index (χ2v) is 7.37. The summed E-state index contributed by atoms with van der Waals surface area (Å²) in [5.41, 5.74) is 1.19. The van der Waals surface area contributed by atoms with Crippen molar-refractivity contribution in [3.63, 3.8) is 0 Å². The number of rotatable bonds is 4. The largest absolute Gasteiger partial charge is 0.379 e. The molecule has 0 atom stereocenters. The number of carbonyl (C=O) groups excluding carboxylic acids is 1. The summed E-state index contributed by atoms with van der Waals surface area (Å²) < 4.78 is 31.6. The SMILES string of the molecule is Cc1cc(NC(=O)c2ccc(S(=O)(=O)N3CCOCC3)cc2)n[nH]1. The van der Waals surface area contributed by atoms with Crippen LogP contribution in [0, 0.1) is 6.92 Å². The van der Waals surface area contributed by atoms with E-state index < -0.39 is 10.0 Å². The number of benzene rings is 1. The lowest BCUT2D eigenvalue weighted by molar-refractivity contribution is 0.0730. The minimum atomic E-state index is -3.56. The van der Waals surface area contributed by atoms with E-state index in [1.54, 1.807) is 6.07 Å². The minimum absolute atomic E-state index is 0.163.